The first-order valence-electron chi connectivity index (χ1n) is 10.1. The maximum atomic E-state index is 13.1. The maximum absolute atomic E-state index is 13.1. The molecule has 0 bridgehead atoms. The van der Waals surface area contributed by atoms with Gasteiger partial charge in [0.05, 0.1) is 38.1 Å². The van der Waals surface area contributed by atoms with Crippen LogP contribution in [0.2, 0.25) is 0 Å². The van der Waals surface area contributed by atoms with Gasteiger partial charge in [0.15, 0.2) is 18.9 Å². The minimum Gasteiger partial charge on any atom is -0.391 e. The number of phosphoric ester groups is 1. The van der Waals surface area contributed by atoms with E-state index in [1.807, 2.05) is 0 Å². The third kappa shape index (κ3) is 14.5. The largest absolute Gasteiger partial charge is 0.481 e. The summed E-state index contributed by atoms with van der Waals surface area (Å²) in [5.74, 6) is 0. The van der Waals surface area contributed by atoms with Crippen molar-refractivity contribution < 1.29 is 47.7 Å². The quantitative estimate of drug-likeness (QED) is 0.213. The van der Waals surface area contributed by atoms with Crippen LogP contribution in [0.25, 0.3) is 0 Å². The van der Waals surface area contributed by atoms with Crippen molar-refractivity contribution in [1.29, 1.82) is 0 Å². The molecule has 0 fully saturated rings. The average Bonchev–Trinajstić information content (AvgIpc) is 2.67. The van der Waals surface area contributed by atoms with E-state index in [-0.39, 0.29) is 19.8 Å². The maximum Gasteiger partial charge on any atom is 0.481 e. The summed E-state index contributed by atoms with van der Waals surface area (Å²) in [6.45, 7) is 9.81. The SMILES string of the molecule is CCC(O)COC(C)OP(=O)(OC(C)OCC(O)CC)OC(C)OCC(O)CC. The number of rotatable bonds is 18. The first-order chi connectivity index (χ1) is 13.5. The van der Waals surface area contributed by atoms with Gasteiger partial charge in [0, 0.05) is 0 Å². The highest BCUT2D eigenvalue weighted by Crippen LogP contribution is 2.53. The Morgan fingerprint density at radius 1 is 0.621 bits per heavy atom. The van der Waals surface area contributed by atoms with Crippen molar-refractivity contribution >= 4 is 7.82 Å². The van der Waals surface area contributed by atoms with Crippen LogP contribution in [0.4, 0.5) is 0 Å². The van der Waals surface area contributed by atoms with Crippen molar-refractivity contribution in [2.75, 3.05) is 19.8 Å². The van der Waals surface area contributed by atoms with Gasteiger partial charge in [-0.15, -0.1) is 0 Å². The van der Waals surface area contributed by atoms with E-state index < -0.39 is 45.0 Å². The molecule has 0 saturated heterocycles. The van der Waals surface area contributed by atoms with Crippen LogP contribution in [-0.2, 0) is 32.3 Å². The van der Waals surface area contributed by atoms with E-state index in [1.165, 1.54) is 20.8 Å². The third-order valence-electron chi connectivity index (χ3n) is 3.82. The molecule has 6 unspecified atom stereocenters. The molecule has 0 aromatic rings. The van der Waals surface area contributed by atoms with Gasteiger partial charge in [-0.25, -0.2) is 4.57 Å². The number of ether oxygens (including phenoxy) is 3. The summed E-state index contributed by atoms with van der Waals surface area (Å²) in [4.78, 5) is 0. The van der Waals surface area contributed by atoms with Gasteiger partial charge in [-0.2, -0.15) is 0 Å². The number of hydrogen-bond acceptors (Lipinski definition) is 10. The predicted octanol–water partition coefficient (Wildman–Crippen LogP) is 2.54. The van der Waals surface area contributed by atoms with Crippen molar-refractivity contribution in [3.8, 4) is 0 Å². The Kier molecular flexibility index (Phi) is 15.6. The molecular formula is C18H39O10P. The molecule has 0 rings (SSSR count). The second kappa shape index (κ2) is 15.6. The lowest BCUT2D eigenvalue weighted by atomic mass is 10.3. The Morgan fingerprint density at radius 2 is 0.862 bits per heavy atom. The standard InChI is InChI=1S/C18H39O10P/c1-7-16(19)10-23-13(4)26-29(22,27-14(5)24-11-17(20)8-2)28-15(6)25-12-18(21)9-3/h13-21H,7-12H2,1-6H3. The molecule has 0 aromatic carbocycles. The van der Waals surface area contributed by atoms with Gasteiger partial charge in [0.25, 0.3) is 0 Å². The van der Waals surface area contributed by atoms with Crippen LogP contribution in [0.1, 0.15) is 60.8 Å². The Labute approximate surface area is 174 Å². The van der Waals surface area contributed by atoms with Crippen LogP contribution in [0.3, 0.4) is 0 Å². The first kappa shape index (κ1) is 28.9. The van der Waals surface area contributed by atoms with E-state index in [0.29, 0.717) is 19.3 Å². The molecule has 0 aromatic heterocycles. The van der Waals surface area contributed by atoms with Gasteiger partial charge in [-0.3, -0.25) is 13.6 Å². The molecule has 6 atom stereocenters. The van der Waals surface area contributed by atoms with Crippen LogP contribution >= 0.6 is 7.82 Å². The van der Waals surface area contributed by atoms with E-state index in [0.717, 1.165) is 0 Å². The molecular weight excluding hydrogens is 407 g/mol. The summed E-state index contributed by atoms with van der Waals surface area (Å²) >= 11 is 0. The fraction of sp³-hybridized carbons (Fsp3) is 1.00. The van der Waals surface area contributed by atoms with E-state index in [9.17, 15) is 19.9 Å². The average molecular weight is 446 g/mol. The predicted molar refractivity (Wildman–Crippen MR) is 106 cm³/mol. The van der Waals surface area contributed by atoms with Crippen molar-refractivity contribution in [3.63, 3.8) is 0 Å². The molecule has 0 aliphatic carbocycles. The zero-order valence-electron chi connectivity index (χ0n) is 18.4. The fourth-order valence-corrected chi connectivity index (χ4v) is 3.23. The summed E-state index contributed by atoms with van der Waals surface area (Å²) in [5.41, 5.74) is 0. The molecule has 0 saturated carbocycles. The number of phosphoric acid groups is 1. The van der Waals surface area contributed by atoms with E-state index >= 15 is 0 Å². The summed E-state index contributed by atoms with van der Waals surface area (Å²) in [6, 6.07) is 0. The van der Waals surface area contributed by atoms with Gasteiger partial charge < -0.3 is 29.5 Å². The summed E-state index contributed by atoms with van der Waals surface area (Å²) < 4.78 is 45.0. The summed E-state index contributed by atoms with van der Waals surface area (Å²) in [6.07, 6.45) is -3.60. The lowest BCUT2D eigenvalue weighted by Crippen LogP contribution is -2.26. The van der Waals surface area contributed by atoms with Crippen LogP contribution in [0.5, 0.6) is 0 Å². The number of hydrogen-bond donors (Lipinski definition) is 3. The van der Waals surface area contributed by atoms with Crippen LogP contribution < -0.4 is 0 Å². The highest BCUT2D eigenvalue weighted by molar-refractivity contribution is 7.48. The van der Waals surface area contributed by atoms with E-state index in [2.05, 4.69) is 0 Å². The highest BCUT2D eigenvalue weighted by Gasteiger charge is 2.35. The monoisotopic (exact) mass is 446 g/mol. The zero-order valence-corrected chi connectivity index (χ0v) is 19.2. The minimum atomic E-state index is -4.21. The molecule has 0 amide bonds. The topological polar surface area (TPSA) is 133 Å². The number of aliphatic hydroxyl groups excluding tert-OH is 3. The summed E-state index contributed by atoms with van der Waals surface area (Å²) in [7, 11) is -4.21. The van der Waals surface area contributed by atoms with Crippen LogP contribution in [-0.4, -0.2) is 72.3 Å². The lowest BCUT2D eigenvalue weighted by molar-refractivity contribution is -0.162. The second-order valence-corrected chi connectivity index (χ2v) is 8.18. The molecule has 0 heterocycles. The van der Waals surface area contributed by atoms with Crippen LogP contribution in [0.15, 0.2) is 0 Å². The molecule has 0 radical (unpaired) electrons. The molecule has 0 aliphatic rings. The molecule has 10 nitrogen and oxygen atoms in total. The van der Waals surface area contributed by atoms with Gasteiger partial charge in [0.2, 0.25) is 0 Å². The molecule has 176 valence electrons. The Morgan fingerprint density at radius 3 is 1.07 bits per heavy atom. The first-order valence-corrected chi connectivity index (χ1v) is 11.5. The molecule has 3 N–H and O–H groups in total. The molecule has 29 heavy (non-hydrogen) atoms. The van der Waals surface area contributed by atoms with Crippen molar-refractivity contribution in [3.05, 3.63) is 0 Å². The molecule has 11 heteroatoms. The van der Waals surface area contributed by atoms with Crippen molar-refractivity contribution in [2.24, 2.45) is 0 Å². The van der Waals surface area contributed by atoms with Gasteiger partial charge in [-0.1, -0.05) is 20.8 Å². The van der Waals surface area contributed by atoms with Gasteiger partial charge in [-0.05, 0) is 40.0 Å². The zero-order chi connectivity index (χ0) is 22.4. The van der Waals surface area contributed by atoms with Crippen molar-refractivity contribution in [2.45, 2.75) is 98.0 Å². The minimum absolute atomic E-state index is 0.0127. The molecule has 0 aliphatic heterocycles. The van der Waals surface area contributed by atoms with Crippen LogP contribution in [0, 0.1) is 0 Å². The number of aliphatic hydroxyl groups is 3. The van der Waals surface area contributed by atoms with Gasteiger partial charge >= 0.3 is 7.82 Å². The Hall–Kier alpha value is -0.130. The lowest BCUT2D eigenvalue weighted by Gasteiger charge is -2.27. The Balaban J connectivity index is 4.92. The highest BCUT2D eigenvalue weighted by atomic mass is 31.2. The summed E-state index contributed by atoms with van der Waals surface area (Å²) in [5, 5.41) is 28.8. The third-order valence-corrected chi connectivity index (χ3v) is 5.48. The second-order valence-electron chi connectivity index (χ2n) is 6.65. The van der Waals surface area contributed by atoms with E-state index in [4.69, 9.17) is 27.8 Å². The van der Waals surface area contributed by atoms with E-state index in [1.54, 1.807) is 20.8 Å². The molecule has 0 spiro atoms. The Bertz CT molecular complexity index is 391. The normalized spacial score (nSPS) is 20.4. The van der Waals surface area contributed by atoms with Crippen molar-refractivity contribution in [1.82, 2.24) is 0 Å². The van der Waals surface area contributed by atoms with Gasteiger partial charge in [0.1, 0.15) is 0 Å². The fourth-order valence-electron chi connectivity index (χ4n) is 1.80. The smallest absolute Gasteiger partial charge is 0.391 e.